The second-order valence-corrected chi connectivity index (χ2v) is 7.93. The minimum Gasteiger partial charge on any atom is -0.473 e. The summed E-state index contributed by atoms with van der Waals surface area (Å²) in [5.74, 6) is -0.169. The Morgan fingerprint density at radius 3 is 2.60 bits per heavy atom. The maximum absolute atomic E-state index is 12.5. The second-order valence-electron chi connectivity index (χ2n) is 5.99. The van der Waals surface area contributed by atoms with Crippen molar-refractivity contribution in [2.45, 2.75) is 18.2 Å². The Balaban J connectivity index is 1.98. The molecule has 25 heavy (non-hydrogen) atoms. The quantitative estimate of drug-likeness (QED) is 0.724. The molecule has 1 aromatic heterocycles. The van der Waals surface area contributed by atoms with Crippen LogP contribution in [0.2, 0.25) is 0 Å². The van der Waals surface area contributed by atoms with Crippen molar-refractivity contribution in [1.29, 1.82) is 0 Å². The number of halogens is 1. The van der Waals surface area contributed by atoms with E-state index in [1.54, 1.807) is 21.0 Å². The van der Waals surface area contributed by atoms with Gasteiger partial charge in [-0.3, -0.25) is 4.79 Å². The van der Waals surface area contributed by atoms with Gasteiger partial charge < -0.3 is 9.64 Å². The molecule has 0 unspecified atom stereocenters. The minimum atomic E-state index is -3.68. The predicted molar refractivity (Wildman–Crippen MR) is 90.2 cm³/mol. The molecule has 2 heterocycles. The van der Waals surface area contributed by atoms with E-state index in [4.69, 9.17) is 4.74 Å². The number of carbonyl (C=O) groups is 1. The molecule has 1 amide bonds. The van der Waals surface area contributed by atoms with Crippen molar-refractivity contribution in [1.82, 2.24) is 14.2 Å². The lowest BCUT2D eigenvalue weighted by molar-refractivity contribution is -0.136. The number of carbonyl (C=O) groups excluding carboxylic acids is 1. The van der Waals surface area contributed by atoms with Crippen molar-refractivity contribution in [2.24, 2.45) is 5.92 Å². The Morgan fingerprint density at radius 2 is 2.12 bits per heavy atom. The lowest BCUT2D eigenvalue weighted by Crippen LogP contribution is -2.55. The van der Waals surface area contributed by atoms with Gasteiger partial charge in [0.15, 0.2) is 0 Å². The molecule has 0 atom stereocenters. The summed E-state index contributed by atoms with van der Waals surface area (Å²) in [6.45, 7) is 2.20. The zero-order valence-electron chi connectivity index (χ0n) is 14.5. The van der Waals surface area contributed by atoms with Gasteiger partial charge in [-0.15, -0.1) is 0 Å². The van der Waals surface area contributed by atoms with Gasteiger partial charge in [-0.25, -0.2) is 17.8 Å². The highest BCUT2D eigenvalue weighted by Gasteiger charge is 2.41. The Kier molecular flexibility index (Phi) is 6.12. The third kappa shape index (κ3) is 4.35. The molecule has 1 saturated heterocycles. The molecule has 1 aliphatic rings. The monoisotopic (exact) mass is 371 g/mol. The molecular weight excluding hydrogens is 349 g/mol. The summed E-state index contributed by atoms with van der Waals surface area (Å²) in [4.78, 5) is 17.2. The van der Waals surface area contributed by atoms with E-state index in [1.807, 2.05) is 0 Å². The first-order chi connectivity index (χ1) is 11.8. The Hall–Kier alpha value is -2.00. The standard InChI is InChI=1S/C16H22FN3O4S/c1-4-12(7-17)11-24-15-6-5-14(8-18-15)25(22,23)20-9-13(10-20)16(21)19(2)3/h5-8,13H,4,9-11H2,1-3H3/b12-7+. The van der Waals surface area contributed by atoms with Crippen molar-refractivity contribution in [3.8, 4) is 5.88 Å². The number of nitrogens with zero attached hydrogens (tertiary/aromatic N) is 3. The van der Waals surface area contributed by atoms with E-state index in [1.165, 1.54) is 27.5 Å². The van der Waals surface area contributed by atoms with Gasteiger partial charge in [-0.1, -0.05) is 6.92 Å². The highest BCUT2D eigenvalue weighted by molar-refractivity contribution is 7.89. The summed E-state index contributed by atoms with van der Waals surface area (Å²) in [7, 11) is -0.392. The molecule has 0 N–H and O–H groups in total. The first kappa shape index (κ1) is 19.3. The van der Waals surface area contributed by atoms with Crippen LogP contribution >= 0.6 is 0 Å². The first-order valence-corrected chi connectivity index (χ1v) is 9.31. The van der Waals surface area contributed by atoms with Gasteiger partial charge in [-0.05, 0) is 18.1 Å². The third-order valence-corrected chi connectivity index (χ3v) is 5.81. The molecule has 0 aliphatic carbocycles. The first-order valence-electron chi connectivity index (χ1n) is 7.87. The van der Waals surface area contributed by atoms with E-state index in [-0.39, 0.29) is 42.3 Å². The summed E-state index contributed by atoms with van der Waals surface area (Å²) < 4.78 is 44.0. The van der Waals surface area contributed by atoms with Gasteiger partial charge in [-0.2, -0.15) is 4.31 Å². The number of amides is 1. The smallest absolute Gasteiger partial charge is 0.244 e. The van der Waals surface area contributed by atoms with Crippen molar-refractivity contribution < 1.29 is 22.3 Å². The fourth-order valence-electron chi connectivity index (χ4n) is 2.29. The van der Waals surface area contributed by atoms with Crippen molar-refractivity contribution in [2.75, 3.05) is 33.8 Å². The predicted octanol–water partition coefficient (Wildman–Crippen LogP) is 1.43. The number of aromatic nitrogens is 1. The molecule has 0 bridgehead atoms. The van der Waals surface area contributed by atoms with E-state index in [0.717, 1.165) is 0 Å². The molecule has 1 aromatic rings. The largest absolute Gasteiger partial charge is 0.473 e. The van der Waals surface area contributed by atoms with Gasteiger partial charge in [0.25, 0.3) is 0 Å². The van der Waals surface area contributed by atoms with Crippen LogP contribution < -0.4 is 4.74 Å². The topological polar surface area (TPSA) is 79.8 Å². The van der Waals surface area contributed by atoms with Gasteiger partial charge in [0.1, 0.15) is 11.5 Å². The Labute approximate surface area is 147 Å². The molecule has 1 aliphatic heterocycles. The van der Waals surface area contributed by atoms with Crippen LogP contribution in [0.15, 0.2) is 35.1 Å². The molecule has 1 fully saturated rings. The fourth-order valence-corrected chi connectivity index (χ4v) is 3.76. The molecule has 0 aromatic carbocycles. The van der Waals surface area contributed by atoms with Crippen LogP contribution in [0.25, 0.3) is 0 Å². The Bertz CT molecular complexity index is 741. The van der Waals surface area contributed by atoms with Crippen LogP contribution in [0, 0.1) is 5.92 Å². The van der Waals surface area contributed by atoms with Gasteiger partial charge >= 0.3 is 0 Å². The summed E-state index contributed by atoms with van der Waals surface area (Å²) in [6, 6.07) is 2.82. The average Bonchev–Trinajstić information content (AvgIpc) is 2.54. The molecule has 2 rings (SSSR count). The van der Waals surface area contributed by atoms with Crippen LogP contribution in [0.3, 0.4) is 0 Å². The number of pyridine rings is 1. The SMILES string of the molecule is CC/C(=C\F)COc1ccc(S(=O)(=O)N2CC(C(=O)N(C)C)C2)cn1. The summed E-state index contributed by atoms with van der Waals surface area (Å²) in [6.07, 6.45) is 2.22. The maximum atomic E-state index is 12.5. The lowest BCUT2D eigenvalue weighted by atomic mass is 10.0. The third-order valence-electron chi connectivity index (χ3n) is 4.00. The number of hydrogen-bond donors (Lipinski definition) is 0. The van der Waals surface area contributed by atoms with Crippen LogP contribution in [-0.2, 0) is 14.8 Å². The van der Waals surface area contributed by atoms with Crippen LogP contribution in [-0.4, -0.2) is 62.3 Å². The van der Waals surface area contributed by atoms with Crippen molar-refractivity contribution in [3.63, 3.8) is 0 Å². The van der Waals surface area contributed by atoms with Gasteiger partial charge in [0, 0.05) is 33.3 Å². The molecule has 0 saturated carbocycles. The van der Waals surface area contributed by atoms with E-state index < -0.39 is 10.0 Å². The number of hydrogen-bond acceptors (Lipinski definition) is 5. The van der Waals surface area contributed by atoms with Crippen LogP contribution in [0.1, 0.15) is 13.3 Å². The van der Waals surface area contributed by atoms with Gasteiger partial charge in [0.2, 0.25) is 21.8 Å². The van der Waals surface area contributed by atoms with E-state index in [0.29, 0.717) is 18.3 Å². The summed E-state index contributed by atoms with van der Waals surface area (Å²) in [5, 5.41) is 0. The zero-order valence-corrected chi connectivity index (χ0v) is 15.3. The van der Waals surface area contributed by atoms with Crippen LogP contribution in [0.5, 0.6) is 5.88 Å². The Morgan fingerprint density at radius 1 is 1.44 bits per heavy atom. The number of ether oxygens (including phenoxy) is 1. The molecule has 138 valence electrons. The second kappa shape index (κ2) is 7.92. The van der Waals surface area contributed by atoms with E-state index in [2.05, 4.69) is 4.98 Å². The van der Waals surface area contributed by atoms with E-state index in [9.17, 15) is 17.6 Å². The molecule has 7 nitrogen and oxygen atoms in total. The minimum absolute atomic E-state index is 0.0346. The highest BCUT2D eigenvalue weighted by atomic mass is 32.2. The number of rotatable bonds is 7. The van der Waals surface area contributed by atoms with E-state index >= 15 is 0 Å². The van der Waals surface area contributed by atoms with Crippen molar-refractivity contribution >= 4 is 15.9 Å². The highest BCUT2D eigenvalue weighted by Crippen LogP contribution is 2.26. The van der Waals surface area contributed by atoms with Crippen molar-refractivity contribution in [3.05, 3.63) is 30.2 Å². The lowest BCUT2D eigenvalue weighted by Gasteiger charge is -2.38. The molecule has 0 radical (unpaired) electrons. The van der Waals surface area contributed by atoms with Gasteiger partial charge in [0.05, 0.1) is 18.4 Å². The normalized spacial score (nSPS) is 16.4. The molecule has 0 spiro atoms. The van der Waals surface area contributed by atoms with Crippen LogP contribution in [0.4, 0.5) is 4.39 Å². The zero-order chi connectivity index (χ0) is 18.6. The molecule has 9 heteroatoms. The average molecular weight is 371 g/mol. The summed E-state index contributed by atoms with van der Waals surface area (Å²) in [5.41, 5.74) is 0.482. The maximum Gasteiger partial charge on any atom is 0.244 e. The number of sulfonamides is 1. The summed E-state index contributed by atoms with van der Waals surface area (Å²) >= 11 is 0. The fraction of sp³-hybridized carbons (Fsp3) is 0.500. The molecular formula is C16H22FN3O4S.